The molecule has 0 heterocycles. The van der Waals surface area contributed by atoms with E-state index in [4.69, 9.17) is 16.3 Å². The van der Waals surface area contributed by atoms with Crippen LogP contribution in [-0.4, -0.2) is 14.2 Å². The number of halogens is 3. The normalized spacial score (nSPS) is 12.3. The number of ether oxygens (including phenoxy) is 1. The Bertz CT molecular complexity index is 663. The van der Waals surface area contributed by atoms with Crippen LogP contribution in [0.3, 0.4) is 0 Å². The summed E-state index contributed by atoms with van der Waals surface area (Å²) in [5.41, 5.74) is 2.97. The topological polar surface area (TPSA) is 21.3 Å². The highest BCUT2D eigenvalue weighted by atomic mass is 79.9. The molecule has 0 saturated heterocycles. The van der Waals surface area contributed by atoms with Crippen LogP contribution >= 0.6 is 27.5 Å². The summed E-state index contributed by atoms with van der Waals surface area (Å²) in [6.45, 7) is 2.01. The molecule has 5 heteroatoms. The highest BCUT2D eigenvalue weighted by Gasteiger charge is 2.20. The van der Waals surface area contributed by atoms with E-state index >= 15 is 0 Å². The first-order valence-electron chi connectivity index (χ1n) is 6.44. The van der Waals surface area contributed by atoms with E-state index in [2.05, 4.69) is 21.2 Å². The van der Waals surface area contributed by atoms with Crippen molar-refractivity contribution in [2.75, 3.05) is 14.2 Å². The minimum atomic E-state index is -0.353. The van der Waals surface area contributed by atoms with E-state index < -0.39 is 0 Å². The summed E-state index contributed by atoms with van der Waals surface area (Å²) < 4.78 is 19.4. The molecule has 0 aliphatic heterocycles. The van der Waals surface area contributed by atoms with Crippen LogP contribution in [0.1, 0.15) is 22.7 Å². The van der Waals surface area contributed by atoms with Gasteiger partial charge in [-0.25, -0.2) is 4.39 Å². The minimum absolute atomic E-state index is 0.143. The molecule has 2 aromatic carbocycles. The molecule has 1 unspecified atom stereocenters. The van der Waals surface area contributed by atoms with Crippen molar-refractivity contribution < 1.29 is 9.13 Å². The smallest absolute Gasteiger partial charge is 0.141 e. The second kappa shape index (κ2) is 6.77. The monoisotopic (exact) mass is 371 g/mol. The van der Waals surface area contributed by atoms with Gasteiger partial charge in [0, 0.05) is 16.7 Å². The Balaban J connectivity index is 2.61. The fourth-order valence-electron chi connectivity index (χ4n) is 2.35. The first kappa shape index (κ1) is 16.3. The van der Waals surface area contributed by atoms with Gasteiger partial charge in [0.05, 0.1) is 17.6 Å². The quantitative estimate of drug-likeness (QED) is 0.827. The molecule has 2 aromatic rings. The summed E-state index contributed by atoms with van der Waals surface area (Å²) >= 11 is 9.34. The minimum Gasteiger partial charge on any atom is -0.496 e. The Morgan fingerprint density at radius 1 is 1.24 bits per heavy atom. The van der Waals surface area contributed by atoms with Crippen LogP contribution in [0.4, 0.5) is 4.39 Å². The van der Waals surface area contributed by atoms with Crippen molar-refractivity contribution in [3.05, 3.63) is 62.3 Å². The summed E-state index contributed by atoms with van der Waals surface area (Å²) in [5, 5.41) is 3.91. The Morgan fingerprint density at radius 2 is 1.95 bits per heavy atom. The molecule has 0 amide bonds. The zero-order valence-corrected chi connectivity index (χ0v) is 14.3. The van der Waals surface area contributed by atoms with Crippen molar-refractivity contribution in [3.63, 3.8) is 0 Å². The zero-order chi connectivity index (χ0) is 15.6. The highest BCUT2D eigenvalue weighted by Crippen LogP contribution is 2.35. The van der Waals surface area contributed by atoms with Crippen molar-refractivity contribution in [3.8, 4) is 5.75 Å². The maximum Gasteiger partial charge on any atom is 0.141 e. The van der Waals surface area contributed by atoms with Gasteiger partial charge in [0.2, 0.25) is 0 Å². The highest BCUT2D eigenvalue weighted by molar-refractivity contribution is 9.10. The Hall–Kier alpha value is -1.10. The second-order valence-corrected chi connectivity index (χ2v) is 6.02. The van der Waals surface area contributed by atoms with Crippen LogP contribution in [0, 0.1) is 12.7 Å². The first-order valence-corrected chi connectivity index (χ1v) is 7.61. The van der Waals surface area contributed by atoms with Crippen LogP contribution < -0.4 is 10.1 Å². The number of methoxy groups -OCH3 is 1. The molecule has 0 aromatic heterocycles. The molecule has 0 saturated carbocycles. The molecule has 1 N–H and O–H groups in total. The lowest BCUT2D eigenvalue weighted by Crippen LogP contribution is -2.19. The summed E-state index contributed by atoms with van der Waals surface area (Å²) in [6, 6.07) is 8.70. The molecule has 0 aliphatic rings. The molecule has 0 radical (unpaired) electrons. The molecule has 112 valence electrons. The van der Waals surface area contributed by atoms with Crippen molar-refractivity contribution in [1.29, 1.82) is 0 Å². The van der Waals surface area contributed by atoms with Gasteiger partial charge in [-0.05, 0) is 59.2 Å². The van der Waals surface area contributed by atoms with Gasteiger partial charge < -0.3 is 10.1 Å². The molecule has 0 fully saturated rings. The van der Waals surface area contributed by atoms with Gasteiger partial charge in [0.1, 0.15) is 11.6 Å². The maximum atomic E-state index is 13.7. The fraction of sp³-hybridized carbons (Fsp3) is 0.250. The van der Waals surface area contributed by atoms with Crippen LogP contribution in [-0.2, 0) is 0 Å². The summed E-state index contributed by atoms with van der Waals surface area (Å²) in [4.78, 5) is 0. The number of nitrogens with one attached hydrogen (secondary N) is 1. The predicted molar refractivity (Wildman–Crippen MR) is 87.7 cm³/mol. The van der Waals surface area contributed by atoms with Gasteiger partial charge in [-0.1, -0.05) is 17.7 Å². The van der Waals surface area contributed by atoms with Crippen LogP contribution in [0.5, 0.6) is 5.75 Å². The Kier molecular flexibility index (Phi) is 5.25. The van der Waals surface area contributed by atoms with Crippen molar-refractivity contribution in [2.24, 2.45) is 0 Å². The standard InChI is InChI=1S/C16H16BrClFNO/c1-9-4-5-10(18)6-11(9)16(20-2)12-7-13(17)14(19)8-15(12)21-3/h4-8,16,20H,1-3H3. The number of rotatable bonds is 4. The maximum absolute atomic E-state index is 13.7. The van der Waals surface area contributed by atoms with Gasteiger partial charge >= 0.3 is 0 Å². The largest absolute Gasteiger partial charge is 0.496 e. The van der Waals surface area contributed by atoms with E-state index in [9.17, 15) is 4.39 Å². The fourth-order valence-corrected chi connectivity index (χ4v) is 2.89. The van der Waals surface area contributed by atoms with E-state index in [1.165, 1.54) is 13.2 Å². The lowest BCUT2D eigenvalue weighted by Gasteiger charge is -2.22. The van der Waals surface area contributed by atoms with Gasteiger partial charge in [-0.3, -0.25) is 0 Å². The lowest BCUT2D eigenvalue weighted by atomic mass is 9.94. The zero-order valence-electron chi connectivity index (χ0n) is 12.0. The van der Waals surface area contributed by atoms with Gasteiger partial charge in [-0.2, -0.15) is 0 Å². The number of benzene rings is 2. The number of hydrogen-bond donors (Lipinski definition) is 1. The number of aryl methyl sites for hydroxylation is 1. The van der Waals surface area contributed by atoms with Gasteiger partial charge in [0.25, 0.3) is 0 Å². The predicted octanol–water partition coefficient (Wildman–Crippen LogP) is 4.87. The Labute approximate surface area is 137 Å². The third-order valence-electron chi connectivity index (χ3n) is 3.42. The second-order valence-electron chi connectivity index (χ2n) is 4.73. The Morgan fingerprint density at radius 3 is 2.57 bits per heavy atom. The van der Waals surface area contributed by atoms with Gasteiger partial charge in [0.15, 0.2) is 0 Å². The third kappa shape index (κ3) is 3.39. The van der Waals surface area contributed by atoms with E-state index in [0.29, 0.717) is 15.2 Å². The molecule has 2 nitrogen and oxygen atoms in total. The van der Waals surface area contributed by atoms with Crippen molar-refractivity contribution in [1.82, 2.24) is 5.32 Å². The molecule has 1 atom stereocenters. The van der Waals surface area contributed by atoms with E-state index in [0.717, 1.165) is 16.7 Å². The molecule has 21 heavy (non-hydrogen) atoms. The third-order valence-corrected chi connectivity index (χ3v) is 4.27. The van der Waals surface area contributed by atoms with E-state index in [1.807, 2.05) is 32.2 Å². The van der Waals surface area contributed by atoms with E-state index in [1.54, 1.807) is 6.07 Å². The molecular weight excluding hydrogens is 357 g/mol. The molecular formula is C16H16BrClFNO. The van der Waals surface area contributed by atoms with Crippen LogP contribution in [0.15, 0.2) is 34.8 Å². The summed E-state index contributed by atoms with van der Waals surface area (Å²) in [6.07, 6.45) is 0. The van der Waals surface area contributed by atoms with Crippen LogP contribution in [0.2, 0.25) is 5.02 Å². The lowest BCUT2D eigenvalue weighted by molar-refractivity contribution is 0.401. The average Bonchev–Trinajstić information content (AvgIpc) is 2.46. The van der Waals surface area contributed by atoms with Crippen LogP contribution in [0.25, 0.3) is 0 Å². The molecule has 0 spiro atoms. The van der Waals surface area contributed by atoms with E-state index in [-0.39, 0.29) is 11.9 Å². The molecule has 0 aliphatic carbocycles. The average molecular weight is 373 g/mol. The first-order chi connectivity index (χ1) is 9.97. The number of hydrogen-bond acceptors (Lipinski definition) is 2. The van der Waals surface area contributed by atoms with Crippen molar-refractivity contribution >= 4 is 27.5 Å². The van der Waals surface area contributed by atoms with Crippen molar-refractivity contribution in [2.45, 2.75) is 13.0 Å². The summed E-state index contributed by atoms with van der Waals surface area (Å²) in [5.74, 6) is 0.141. The van der Waals surface area contributed by atoms with Gasteiger partial charge in [-0.15, -0.1) is 0 Å². The SMILES string of the molecule is CNC(c1cc(Cl)ccc1C)c1cc(Br)c(F)cc1OC. The molecule has 2 rings (SSSR count). The summed E-state index contributed by atoms with van der Waals surface area (Å²) in [7, 11) is 3.38. The molecule has 0 bridgehead atoms.